The fourth-order valence-corrected chi connectivity index (χ4v) is 5.47. The first-order valence-corrected chi connectivity index (χ1v) is 13.5. The Kier molecular flexibility index (Phi) is 11.6. The van der Waals surface area contributed by atoms with E-state index in [0.29, 0.717) is 31.1 Å². The number of ether oxygens (including phenoxy) is 3. The van der Waals surface area contributed by atoms with Crippen LogP contribution >= 0.6 is 0 Å². The predicted octanol–water partition coefficient (Wildman–Crippen LogP) is 5.74. The van der Waals surface area contributed by atoms with Crippen molar-refractivity contribution in [3.63, 3.8) is 0 Å². The van der Waals surface area contributed by atoms with E-state index in [2.05, 4.69) is 43.1 Å². The molecule has 194 valence electrons. The highest BCUT2D eigenvalue weighted by atomic mass is 16.7. The van der Waals surface area contributed by atoms with Gasteiger partial charge in [-0.05, 0) is 62.7 Å². The van der Waals surface area contributed by atoms with E-state index in [-0.39, 0.29) is 30.2 Å². The molecule has 0 bridgehead atoms. The molecule has 3 aliphatic rings. The number of methoxy groups -OCH3 is 1. The molecule has 3 rings (SSSR count). The lowest BCUT2D eigenvalue weighted by Gasteiger charge is -2.30. The first kappa shape index (κ1) is 27.7. The highest BCUT2D eigenvalue weighted by Crippen LogP contribution is 2.47. The van der Waals surface area contributed by atoms with Gasteiger partial charge in [0.1, 0.15) is 0 Å². The standard InChI is InChI=1S/C30H44O5/c1-4-5-6-11-22(2)27(31)18-17-26-25-16-15-23(12-7-8-13-29(32)33-3)20-24(25)21-28(26)35-30-14-9-10-19-34-30/h7,12,17-18,20,22,24-28,30-31H,4,8-11,13-16,19,21H2,1-3H3/t22?,24-,25+,26+,27?,28-,30?/m1/s1. The van der Waals surface area contributed by atoms with E-state index < -0.39 is 6.10 Å². The van der Waals surface area contributed by atoms with E-state index >= 15 is 0 Å². The van der Waals surface area contributed by atoms with Crippen molar-refractivity contribution in [2.24, 2.45) is 23.7 Å². The van der Waals surface area contributed by atoms with E-state index in [0.717, 1.165) is 51.6 Å². The van der Waals surface area contributed by atoms with Gasteiger partial charge in [-0.1, -0.05) is 49.8 Å². The largest absolute Gasteiger partial charge is 0.469 e. The molecule has 0 spiro atoms. The second-order valence-corrected chi connectivity index (χ2v) is 10.2. The maximum Gasteiger partial charge on any atom is 0.305 e. The summed E-state index contributed by atoms with van der Waals surface area (Å²) in [4.78, 5) is 11.3. The molecule has 0 aromatic carbocycles. The summed E-state index contributed by atoms with van der Waals surface area (Å²) in [5.41, 5.74) is 1.34. The minimum atomic E-state index is -0.501. The van der Waals surface area contributed by atoms with Crippen molar-refractivity contribution in [3.05, 3.63) is 36.0 Å². The van der Waals surface area contributed by atoms with Crippen LogP contribution in [-0.4, -0.2) is 43.3 Å². The van der Waals surface area contributed by atoms with Gasteiger partial charge >= 0.3 is 5.97 Å². The van der Waals surface area contributed by atoms with E-state index in [1.165, 1.54) is 12.7 Å². The molecule has 5 heteroatoms. The number of aliphatic hydroxyl groups is 1. The van der Waals surface area contributed by atoms with Crippen molar-refractivity contribution >= 4 is 5.97 Å². The summed E-state index contributed by atoms with van der Waals surface area (Å²) in [7, 11) is 1.43. The molecule has 0 amide bonds. The number of hydrogen-bond acceptors (Lipinski definition) is 5. The summed E-state index contributed by atoms with van der Waals surface area (Å²) < 4.78 is 17.1. The van der Waals surface area contributed by atoms with Crippen LogP contribution in [0.15, 0.2) is 36.0 Å². The third kappa shape index (κ3) is 8.63. The summed E-state index contributed by atoms with van der Waals surface area (Å²) in [5.74, 6) is 7.44. The molecule has 0 radical (unpaired) electrons. The Morgan fingerprint density at radius 2 is 2.17 bits per heavy atom. The highest BCUT2D eigenvalue weighted by molar-refractivity contribution is 5.69. The topological polar surface area (TPSA) is 65.0 Å². The number of fused-ring (bicyclic) bond motifs is 1. The molecule has 1 aliphatic heterocycles. The third-order valence-corrected chi connectivity index (χ3v) is 7.55. The Labute approximate surface area is 212 Å². The van der Waals surface area contributed by atoms with Crippen LogP contribution in [0.2, 0.25) is 0 Å². The van der Waals surface area contributed by atoms with Crippen LogP contribution in [0, 0.1) is 35.5 Å². The summed E-state index contributed by atoms with van der Waals surface area (Å²) in [6.07, 6.45) is 19.4. The van der Waals surface area contributed by atoms with Crippen molar-refractivity contribution in [1.82, 2.24) is 0 Å². The van der Waals surface area contributed by atoms with Crippen molar-refractivity contribution in [2.45, 2.75) is 96.6 Å². The Hall–Kier alpha value is -1.87. The zero-order valence-corrected chi connectivity index (χ0v) is 21.8. The van der Waals surface area contributed by atoms with E-state index in [1.807, 2.05) is 13.0 Å². The number of hydrogen-bond donors (Lipinski definition) is 1. The average molecular weight is 485 g/mol. The SMILES string of the molecule is CCC#CCC(C)C(O)C=C[C@H]1[C@H]2CCC(C=CCCC(=O)OC)=C[C@@H]2C[C@H]1OC1CCCCO1. The second-order valence-electron chi connectivity index (χ2n) is 10.2. The summed E-state index contributed by atoms with van der Waals surface area (Å²) >= 11 is 0. The van der Waals surface area contributed by atoms with Gasteiger partial charge in [0.2, 0.25) is 0 Å². The van der Waals surface area contributed by atoms with Gasteiger partial charge in [0.15, 0.2) is 6.29 Å². The molecular weight excluding hydrogens is 440 g/mol. The Morgan fingerprint density at radius 1 is 1.31 bits per heavy atom. The number of carbonyl (C=O) groups is 1. The second kappa shape index (κ2) is 14.6. The Morgan fingerprint density at radius 3 is 2.91 bits per heavy atom. The van der Waals surface area contributed by atoms with Crippen LogP contribution in [-0.2, 0) is 19.0 Å². The fraction of sp³-hybridized carbons (Fsp3) is 0.700. The van der Waals surface area contributed by atoms with Gasteiger partial charge in [-0.3, -0.25) is 4.79 Å². The summed E-state index contributed by atoms with van der Waals surface area (Å²) in [6.45, 7) is 4.88. The number of allylic oxidation sites excluding steroid dienone is 4. The van der Waals surface area contributed by atoms with Gasteiger partial charge in [-0.2, -0.15) is 0 Å². The highest BCUT2D eigenvalue weighted by Gasteiger charge is 2.44. The maximum atomic E-state index is 11.3. The normalized spacial score (nSPS) is 30.4. The van der Waals surface area contributed by atoms with Gasteiger partial charge in [0.05, 0.1) is 19.3 Å². The number of rotatable bonds is 10. The lowest BCUT2D eigenvalue weighted by atomic mass is 9.78. The quantitative estimate of drug-likeness (QED) is 0.243. The smallest absolute Gasteiger partial charge is 0.305 e. The van der Waals surface area contributed by atoms with Gasteiger partial charge in [-0.25, -0.2) is 0 Å². The minimum absolute atomic E-state index is 0.102. The van der Waals surface area contributed by atoms with Crippen LogP contribution in [0.25, 0.3) is 0 Å². The maximum absolute atomic E-state index is 11.3. The lowest BCUT2D eigenvalue weighted by Crippen LogP contribution is -2.31. The van der Waals surface area contributed by atoms with Crippen molar-refractivity contribution in [1.29, 1.82) is 0 Å². The number of aliphatic hydroxyl groups excluding tert-OH is 1. The lowest BCUT2D eigenvalue weighted by molar-refractivity contribution is -0.192. The molecular formula is C30H44O5. The molecule has 1 heterocycles. The predicted molar refractivity (Wildman–Crippen MR) is 138 cm³/mol. The first-order valence-electron chi connectivity index (χ1n) is 13.5. The zero-order valence-electron chi connectivity index (χ0n) is 21.8. The molecule has 1 saturated carbocycles. The van der Waals surface area contributed by atoms with Crippen molar-refractivity contribution in [2.75, 3.05) is 13.7 Å². The molecule has 1 N–H and O–H groups in total. The van der Waals surface area contributed by atoms with Crippen LogP contribution in [0.4, 0.5) is 0 Å². The van der Waals surface area contributed by atoms with Crippen LogP contribution < -0.4 is 0 Å². The molecule has 3 unspecified atom stereocenters. The Balaban J connectivity index is 1.66. The zero-order chi connectivity index (χ0) is 25.0. The van der Waals surface area contributed by atoms with Crippen LogP contribution in [0.3, 0.4) is 0 Å². The molecule has 0 aromatic heterocycles. The number of carbonyl (C=O) groups excluding carboxylic acids is 1. The van der Waals surface area contributed by atoms with Crippen molar-refractivity contribution in [3.8, 4) is 11.8 Å². The molecule has 2 fully saturated rings. The van der Waals surface area contributed by atoms with E-state index in [4.69, 9.17) is 14.2 Å². The van der Waals surface area contributed by atoms with Gasteiger partial charge < -0.3 is 19.3 Å². The average Bonchev–Trinajstić information content (AvgIpc) is 3.21. The Bertz CT molecular complexity index is 810. The molecule has 0 aromatic rings. The van der Waals surface area contributed by atoms with Crippen molar-refractivity contribution < 1.29 is 24.1 Å². The summed E-state index contributed by atoms with van der Waals surface area (Å²) in [5, 5.41) is 10.7. The van der Waals surface area contributed by atoms with Crippen LogP contribution in [0.1, 0.15) is 78.1 Å². The molecule has 35 heavy (non-hydrogen) atoms. The monoisotopic (exact) mass is 484 g/mol. The minimum Gasteiger partial charge on any atom is -0.469 e. The van der Waals surface area contributed by atoms with E-state index in [1.54, 1.807) is 0 Å². The molecule has 2 aliphatic carbocycles. The molecule has 1 saturated heterocycles. The van der Waals surface area contributed by atoms with Crippen LogP contribution in [0.5, 0.6) is 0 Å². The van der Waals surface area contributed by atoms with E-state index in [9.17, 15) is 9.90 Å². The first-order chi connectivity index (χ1) is 17.0. The third-order valence-electron chi connectivity index (χ3n) is 7.55. The van der Waals surface area contributed by atoms with Gasteiger partial charge in [0.25, 0.3) is 0 Å². The molecule has 5 nitrogen and oxygen atoms in total. The van der Waals surface area contributed by atoms with Gasteiger partial charge in [-0.15, -0.1) is 11.8 Å². The number of esters is 1. The molecule has 7 atom stereocenters. The fourth-order valence-electron chi connectivity index (χ4n) is 5.47. The summed E-state index contributed by atoms with van der Waals surface area (Å²) in [6, 6.07) is 0. The van der Waals surface area contributed by atoms with Gasteiger partial charge in [0, 0.05) is 31.8 Å².